The lowest BCUT2D eigenvalue weighted by Gasteiger charge is -2.29. The molecule has 0 amide bonds. The highest BCUT2D eigenvalue weighted by Crippen LogP contribution is 2.38. The van der Waals surface area contributed by atoms with Crippen LogP contribution in [0.15, 0.2) is 48.5 Å². The van der Waals surface area contributed by atoms with Crippen LogP contribution in [0, 0.1) is 28.1 Å². The summed E-state index contributed by atoms with van der Waals surface area (Å²) >= 11 is 0. The number of nitriles is 2. The second-order valence-electron chi connectivity index (χ2n) is 6.59. The molecular weight excluding hydrogens is 268 g/mol. The lowest BCUT2D eigenvalue weighted by Crippen LogP contribution is -2.18. The average Bonchev–Trinajstić information content (AvgIpc) is 2.52. The van der Waals surface area contributed by atoms with Crippen LogP contribution in [0.1, 0.15) is 44.2 Å². The second kappa shape index (κ2) is 6.46. The molecule has 2 aromatic rings. The molecule has 1 unspecified atom stereocenters. The van der Waals surface area contributed by atoms with Gasteiger partial charge in [0.15, 0.2) is 0 Å². The van der Waals surface area contributed by atoms with Crippen molar-refractivity contribution in [2.24, 2.45) is 5.41 Å². The van der Waals surface area contributed by atoms with E-state index in [1.165, 1.54) is 5.56 Å². The summed E-state index contributed by atoms with van der Waals surface area (Å²) in [7, 11) is 0. The van der Waals surface area contributed by atoms with Gasteiger partial charge in [0.25, 0.3) is 0 Å². The van der Waals surface area contributed by atoms with Gasteiger partial charge in [-0.05, 0) is 34.2 Å². The topological polar surface area (TPSA) is 47.6 Å². The van der Waals surface area contributed by atoms with Crippen LogP contribution < -0.4 is 0 Å². The number of nitrogens with zero attached hydrogens (tertiary/aromatic N) is 2. The molecule has 0 saturated carbocycles. The van der Waals surface area contributed by atoms with Gasteiger partial charge in [-0.15, -0.1) is 0 Å². The molecule has 1 atom stereocenters. The second-order valence-corrected chi connectivity index (χ2v) is 6.59. The van der Waals surface area contributed by atoms with Gasteiger partial charge in [0.1, 0.15) is 0 Å². The Morgan fingerprint density at radius 3 is 1.77 bits per heavy atom. The van der Waals surface area contributed by atoms with Gasteiger partial charge in [-0.25, -0.2) is 0 Å². The van der Waals surface area contributed by atoms with Gasteiger partial charge in [-0.3, -0.25) is 0 Å². The molecule has 2 rings (SSSR count). The maximum Gasteiger partial charge on any atom is 0.0991 e. The van der Waals surface area contributed by atoms with Gasteiger partial charge >= 0.3 is 0 Å². The summed E-state index contributed by atoms with van der Waals surface area (Å²) in [6.07, 6.45) is 0.527. The van der Waals surface area contributed by atoms with Crippen molar-refractivity contribution in [3.8, 4) is 23.3 Å². The van der Waals surface area contributed by atoms with Crippen molar-refractivity contribution < 1.29 is 0 Å². The molecule has 0 saturated heterocycles. The number of benzene rings is 2. The van der Waals surface area contributed by atoms with E-state index in [4.69, 9.17) is 10.5 Å². The van der Waals surface area contributed by atoms with E-state index in [-0.39, 0.29) is 11.3 Å². The van der Waals surface area contributed by atoms with Crippen molar-refractivity contribution >= 4 is 0 Å². The summed E-state index contributed by atoms with van der Waals surface area (Å²) in [5.74, 6) is 0.229. The average molecular weight is 288 g/mol. The fourth-order valence-corrected chi connectivity index (χ4v) is 2.66. The highest BCUT2D eigenvalue weighted by molar-refractivity contribution is 5.64. The van der Waals surface area contributed by atoms with Gasteiger partial charge in [0.2, 0.25) is 0 Å². The zero-order valence-corrected chi connectivity index (χ0v) is 13.3. The third-order valence-electron chi connectivity index (χ3n) is 4.00. The summed E-state index contributed by atoms with van der Waals surface area (Å²) in [6, 6.07) is 20.4. The zero-order chi connectivity index (χ0) is 16.2. The summed E-state index contributed by atoms with van der Waals surface area (Å²) in [5.41, 5.74) is 4.15. The van der Waals surface area contributed by atoms with Crippen molar-refractivity contribution in [2.45, 2.75) is 33.1 Å². The van der Waals surface area contributed by atoms with Crippen LogP contribution in [-0.4, -0.2) is 0 Å². The summed E-state index contributed by atoms with van der Waals surface area (Å²) < 4.78 is 0. The highest BCUT2D eigenvalue weighted by Gasteiger charge is 2.25. The van der Waals surface area contributed by atoms with Crippen LogP contribution in [-0.2, 0) is 0 Å². The van der Waals surface area contributed by atoms with Gasteiger partial charge in [-0.1, -0.05) is 57.2 Å². The predicted molar refractivity (Wildman–Crippen MR) is 89.0 cm³/mol. The molecule has 0 aromatic heterocycles. The first-order valence-corrected chi connectivity index (χ1v) is 7.43. The predicted octanol–water partition coefficient (Wildman–Crippen LogP) is 5.27. The SMILES string of the molecule is CC(C)(C)C(CC#N)c1ccc(-c2ccc(C#N)cc2)cc1. The first-order chi connectivity index (χ1) is 10.5. The van der Waals surface area contributed by atoms with E-state index in [1.807, 2.05) is 24.3 Å². The van der Waals surface area contributed by atoms with Crippen LogP contribution in [0.3, 0.4) is 0 Å². The minimum absolute atomic E-state index is 0.0612. The molecule has 0 spiro atoms. The molecule has 0 radical (unpaired) electrons. The quantitative estimate of drug-likeness (QED) is 0.772. The molecule has 2 aromatic carbocycles. The van der Waals surface area contributed by atoms with Gasteiger partial charge in [-0.2, -0.15) is 10.5 Å². The molecule has 110 valence electrons. The van der Waals surface area contributed by atoms with Crippen LogP contribution >= 0.6 is 0 Å². The number of hydrogen-bond acceptors (Lipinski definition) is 2. The molecule has 0 heterocycles. The van der Waals surface area contributed by atoms with Crippen molar-refractivity contribution in [3.63, 3.8) is 0 Å². The highest BCUT2D eigenvalue weighted by atomic mass is 14.3. The third kappa shape index (κ3) is 3.54. The first kappa shape index (κ1) is 15.8. The van der Waals surface area contributed by atoms with E-state index in [1.54, 1.807) is 0 Å². The Morgan fingerprint density at radius 1 is 0.864 bits per heavy atom. The number of hydrogen-bond donors (Lipinski definition) is 0. The summed E-state index contributed by atoms with van der Waals surface area (Å²) in [6.45, 7) is 6.51. The maximum atomic E-state index is 9.07. The Morgan fingerprint density at radius 2 is 1.36 bits per heavy atom. The molecule has 2 heteroatoms. The standard InChI is InChI=1S/C20H20N2/c1-20(2,3)19(12-13-21)18-10-8-17(9-11-18)16-6-4-15(14-22)5-7-16/h4-11,19H,12H2,1-3H3. The monoisotopic (exact) mass is 288 g/mol. The van der Waals surface area contributed by atoms with E-state index >= 15 is 0 Å². The van der Waals surface area contributed by atoms with E-state index in [0.29, 0.717) is 12.0 Å². The first-order valence-electron chi connectivity index (χ1n) is 7.43. The van der Waals surface area contributed by atoms with Crippen LogP contribution in [0.4, 0.5) is 0 Å². The maximum absolute atomic E-state index is 9.07. The van der Waals surface area contributed by atoms with Gasteiger partial charge in [0.05, 0.1) is 17.7 Å². The van der Waals surface area contributed by atoms with E-state index in [2.05, 4.69) is 57.2 Å². The molecule has 0 aliphatic carbocycles. The van der Waals surface area contributed by atoms with E-state index in [0.717, 1.165) is 11.1 Å². The molecule has 22 heavy (non-hydrogen) atoms. The Bertz CT molecular complexity index is 705. The van der Waals surface area contributed by atoms with Crippen LogP contribution in [0.25, 0.3) is 11.1 Å². The zero-order valence-electron chi connectivity index (χ0n) is 13.3. The van der Waals surface area contributed by atoms with Crippen LogP contribution in [0.5, 0.6) is 0 Å². The Kier molecular flexibility index (Phi) is 4.64. The molecule has 0 aliphatic heterocycles. The fraction of sp³-hybridized carbons (Fsp3) is 0.300. The molecule has 2 nitrogen and oxygen atoms in total. The van der Waals surface area contributed by atoms with Crippen molar-refractivity contribution in [3.05, 3.63) is 59.7 Å². The lowest BCUT2D eigenvalue weighted by atomic mass is 9.75. The van der Waals surface area contributed by atoms with Crippen molar-refractivity contribution in [1.29, 1.82) is 10.5 Å². The Balaban J connectivity index is 2.29. The molecule has 0 aliphatic rings. The molecule has 0 N–H and O–H groups in total. The fourth-order valence-electron chi connectivity index (χ4n) is 2.66. The molecule has 0 fully saturated rings. The number of rotatable bonds is 3. The van der Waals surface area contributed by atoms with E-state index < -0.39 is 0 Å². The van der Waals surface area contributed by atoms with Gasteiger partial charge < -0.3 is 0 Å². The van der Waals surface area contributed by atoms with E-state index in [9.17, 15) is 0 Å². The summed E-state index contributed by atoms with van der Waals surface area (Å²) in [5, 5.41) is 17.9. The van der Waals surface area contributed by atoms with Crippen LogP contribution in [0.2, 0.25) is 0 Å². The lowest BCUT2D eigenvalue weighted by molar-refractivity contribution is 0.323. The van der Waals surface area contributed by atoms with Gasteiger partial charge in [0, 0.05) is 12.3 Å². The smallest absolute Gasteiger partial charge is 0.0991 e. The minimum Gasteiger partial charge on any atom is -0.198 e. The molecule has 0 bridgehead atoms. The minimum atomic E-state index is 0.0612. The third-order valence-corrected chi connectivity index (χ3v) is 4.00. The molecular formula is C20H20N2. The largest absolute Gasteiger partial charge is 0.198 e. The summed E-state index contributed by atoms with van der Waals surface area (Å²) in [4.78, 5) is 0. The Labute approximate surface area is 132 Å². The van der Waals surface area contributed by atoms with Crippen molar-refractivity contribution in [2.75, 3.05) is 0 Å². The Hall–Kier alpha value is -2.58. The normalized spacial score (nSPS) is 12.2. The van der Waals surface area contributed by atoms with Crippen molar-refractivity contribution in [1.82, 2.24) is 0 Å².